The minimum atomic E-state index is -0.114. The molecule has 0 aromatic rings. The normalized spacial score (nSPS) is 45.7. The Kier molecular flexibility index (Phi) is 2.61. The second kappa shape index (κ2) is 3.58. The first kappa shape index (κ1) is 9.47. The van der Waals surface area contributed by atoms with E-state index in [-0.39, 0.29) is 11.5 Å². The molecule has 2 nitrogen and oxygen atoms in total. The molecule has 0 bridgehead atoms. The van der Waals surface area contributed by atoms with E-state index in [1.807, 2.05) is 0 Å². The van der Waals surface area contributed by atoms with E-state index in [9.17, 15) is 5.11 Å². The lowest BCUT2D eigenvalue weighted by Gasteiger charge is -2.50. The van der Waals surface area contributed by atoms with Crippen LogP contribution in [0.4, 0.5) is 0 Å². The van der Waals surface area contributed by atoms with Gasteiger partial charge in [-0.05, 0) is 31.6 Å². The van der Waals surface area contributed by atoms with Crippen molar-refractivity contribution in [2.24, 2.45) is 17.1 Å². The number of hydrogen-bond donors (Lipinski definition) is 2. The monoisotopic (exact) mass is 183 g/mol. The van der Waals surface area contributed by atoms with E-state index in [4.69, 9.17) is 5.73 Å². The van der Waals surface area contributed by atoms with Gasteiger partial charge in [0.2, 0.25) is 0 Å². The maximum absolute atomic E-state index is 10.1. The molecule has 2 heteroatoms. The van der Waals surface area contributed by atoms with Crippen molar-refractivity contribution in [3.05, 3.63) is 0 Å². The van der Waals surface area contributed by atoms with E-state index < -0.39 is 0 Å². The SMILES string of the molecule is NC[C@]12CCCC[C@H]1CCC[C@H]2O. The molecule has 0 aromatic carbocycles. The Balaban J connectivity index is 2.18. The average Bonchev–Trinajstić information content (AvgIpc) is 2.19. The Bertz CT molecular complexity index is 181. The predicted octanol–water partition coefficient (Wildman–Crippen LogP) is 1.67. The Morgan fingerprint density at radius 1 is 1.15 bits per heavy atom. The molecule has 2 aliphatic carbocycles. The van der Waals surface area contributed by atoms with Crippen molar-refractivity contribution in [2.75, 3.05) is 6.54 Å². The Hall–Kier alpha value is -0.0800. The third-order valence-corrected chi connectivity index (χ3v) is 4.33. The summed E-state index contributed by atoms with van der Waals surface area (Å²) in [6.45, 7) is 0.693. The van der Waals surface area contributed by atoms with Crippen molar-refractivity contribution in [1.82, 2.24) is 0 Å². The molecule has 0 spiro atoms. The number of aliphatic hydroxyl groups excluding tert-OH is 1. The van der Waals surface area contributed by atoms with Crippen LogP contribution in [0.5, 0.6) is 0 Å². The van der Waals surface area contributed by atoms with Crippen LogP contribution in [0.2, 0.25) is 0 Å². The molecule has 3 N–H and O–H groups in total. The summed E-state index contributed by atoms with van der Waals surface area (Å²) in [6, 6.07) is 0. The van der Waals surface area contributed by atoms with Crippen molar-refractivity contribution in [3.63, 3.8) is 0 Å². The van der Waals surface area contributed by atoms with E-state index in [1.165, 1.54) is 32.1 Å². The summed E-state index contributed by atoms with van der Waals surface area (Å²) in [5.41, 5.74) is 5.99. The van der Waals surface area contributed by atoms with Crippen LogP contribution in [0.1, 0.15) is 44.9 Å². The molecule has 0 unspecified atom stereocenters. The van der Waals surface area contributed by atoms with Crippen LogP contribution in [-0.2, 0) is 0 Å². The van der Waals surface area contributed by atoms with Crippen molar-refractivity contribution >= 4 is 0 Å². The summed E-state index contributed by atoms with van der Waals surface area (Å²) < 4.78 is 0. The highest BCUT2D eigenvalue weighted by molar-refractivity contribution is 4.98. The standard InChI is InChI=1S/C11H21NO/c12-8-11-7-2-1-4-9(11)5-3-6-10(11)13/h9-10,13H,1-8,12H2/t9-,10+,11+/m0/s1. The maximum atomic E-state index is 10.1. The molecule has 0 saturated heterocycles. The largest absolute Gasteiger partial charge is 0.392 e. The van der Waals surface area contributed by atoms with Gasteiger partial charge in [0.25, 0.3) is 0 Å². The predicted molar refractivity (Wildman–Crippen MR) is 53.3 cm³/mol. The average molecular weight is 183 g/mol. The zero-order valence-electron chi connectivity index (χ0n) is 8.34. The Morgan fingerprint density at radius 3 is 2.62 bits per heavy atom. The molecule has 13 heavy (non-hydrogen) atoms. The number of aliphatic hydroxyl groups is 1. The van der Waals surface area contributed by atoms with Gasteiger partial charge >= 0.3 is 0 Å². The summed E-state index contributed by atoms with van der Waals surface area (Å²) in [4.78, 5) is 0. The minimum Gasteiger partial charge on any atom is -0.392 e. The lowest BCUT2D eigenvalue weighted by Crippen LogP contribution is -2.51. The van der Waals surface area contributed by atoms with Gasteiger partial charge in [-0.15, -0.1) is 0 Å². The molecule has 3 atom stereocenters. The maximum Gasteiger partial charge on any atom is 0.0611 e. The second-order valence-corrected chi connectivity index (χ2v) is 4.83. The van der Waals surface area contributed by atoms with Gasteiger partial charge in [-0.1, -0.05) is 19.3 Å². The number of hydrogen-bond acceptors (Lipinski definition) is 2. The van der Waals surface area contributed by atoms with E-state index in [0.29, 0.717) is 6.54 Å². The van der Waals surface area contributed by atoms with Crippen LogP contribution < -0.4 is 5.73 Å². The summed E-state index contributed by atoms with van der Waals surface area (Å²) >= 11 is 0. The molecule has 2 saturated carbocycles. The first-order valence-corrected chi connectivity index (χ1v) is 5.68. The highest BCUT2D eigenvalue weighted by Crippen LogP contribution is 2.49. The van der Waals surface area contributed by atoms with Crippen LogP contribution in [0.3, 0.4) is 0 Å². The molecular formula is C11H21NO. The Morgan fingerprint density at radius 2 is 1.92 bits per heavy atom. The molecular weight excluding hydrogens is 162 g/mol. The summed E-state index contributed by atoms with van der Waals surface area (Å²) in [6.07, 6.45) is 8.44. The lowest BCUT2D eigenvalue weighted by molar-refractivity contribution is -0.0715. The first-order valence-electron chi connectivity index (χ1n) is 5.68. The summed E-state index contributed by atoms with van der Waals surface area (Å²) in [7, 11) is 0. The number of rotatable bonds is 1. The third kappa shape index (κ3) is 1.40. The molecule has 76 valence electrons. The van der Waals surface area contributed by atoms with Gasteiger partial charge in [-0.25, -0.2) is 0 Å². The van der Waals surface area contributed by atoms with E-state index in [0.717, 1.165) is 18.8 Å². The molecule has 0 amide bonds. The molecule has 2 aliphatic rings. The van der Waals surface area contributed by atoms with Crippen molar-refractivity contribution in [1.29, 1.82) is 0 Å². The van der Waals surface area contributed by atoms with Crippen molar-refractivity contribution in [2.45, 2.75) is 51.0 Å². The topological polar surface area (TPSA) is 46.2 Å². The minimum absolute atomic E-state index is 0.108. The zero-order chi connectivity index (χ0) is 9.31. The second-order valence-electron chi connectivity index (χ2n) is 4.83. The van der Waals surface area contributed by atoms with Crippen LogP contribution in [-0.4, -0.2) is 17.8 Å². The molecule has 0 aliphatic heterocycles. The van der Waals surface area contributed by atoms with Crippen LogP contribution in [0.25, 0.3) is 0 Å². The molecule has 2 rings (SSSR count). The fourth-order valence-corrected chi connectivity index (χ4v) is 3.46. The first-order chi connectivity index (χ1) is 6.29. The number of fused-ring (bicyclic) bond motifs is 1. The van der Waals surface area contributed by atoms with Crippen molar-refractivity contribution in [3.8, 4) is 0 Å². The third-order valence-electron chi connectivity index (χ3n) is 4.33. The van der Waals surface area contributed by atoms with Crippen LogP contribution >= 0.6 is 0 Å². The quantitative estimate of drug-likeness (QED) is 0.649. The van der Waals surface area contributed by atoms with Gasteiger partial charge in [-0.3, -0.25) is 0 Å². The molecule has 0 aromatic heterocycles. The van der Waals surface area contributed by atoms with Gasteiger partial charge in [-0.2, -0.15) is 0 Å². The van der Waals surface area contributed by atoms with E-state index in [2.05, 4.69) is 0 Å². The highest BCUT2D eigenvalue weighted by Gasteiger charge is 2.46. The Labute approximate surface area is 80.5 Å². The molecule has 0 radical (unpaired) electrons. The number of nitrogens with two attached hydrogens (primary N) is 1. The molecule has 0 heterocycles. The van der Waals surface area contributed by atoms with Crippen LogP contribution in [0, 0.1) is 11.3 Å². The van der Waals surface area contributed by atoms with E-state index >= 15 is 0 Å². The fourth-order valence-electron chi connectivity index (χ4n) is 3.46. The highest BCUT2D eigenvalue weighted by atomic mass is 16.3. The van der Waals surface area contributed by atoms with Crippen molar-refractivity contribution < 1.29 is 5.11 Å². The zero-order valence-corrected chi connectivity index (χ0v) is 8.34. The smallest absolute Gasteiger partial charge is 0.0611 e. The van der Waals surface area contributed by atoms with Gasteiger partial charge < -0.3 is 10.8 Å². The molecule has 2 fully saturated rings. The van der Waals surface area contributed by atoms with E-state index in [1.54, 1.807) is 0 Å². The van der Waals surface area contributed by atoms with Gasteiger partial charge in [0.05, 0.1) is 6.10 Å². The fraction of sp³-hybridized carbons (Fsp3) is 1.00. The summed E-state index contributed by atoms with van der Waals surface area (Å²) in [5, 5.41) is 10.1. The lowest BCUT2D eigenvalue weighted by atomic mass is 9.58. The van der Waals surface area contributed by atoms with Gasteiger partial charge in [0.15, 0.2) is 0 Å². The summed E-state index contributed by atoms with van der Waals surface area (Å²) in [5.74, 6) is 0.718. The van der Waals surface area contributed by atoms with Gasteiger partial charge in [0.1, 0.15) is 0 Å². The van der Waals surface area contributed by atoms with Gasteiger partial charge in [0, 0.05) is 12.0 Å². The van der Waals surface area contributed by atoms with Crippen LogP contribution in [0.15, 0.2) is 0 Å².